The summed E-state index contributed by atoms with van der Waals surface area (Å²) in [6, 6.07) is 12.3. The Balaban J connectivity index is 0.00000106. The van der Waals surface area contributed by atoms with Gasteiger partial charge in [-0.3, -0.25) is 19.0 Å². The lowest BCUT2D eigenvalue weighted by molar-refractivity contribution is -0.143. The summed E-state index contributed by atoms with van der Waals surface area (Å²) in [7, 11) is 1.59. The molecule has 0 amide bonds. The number of nitrogens with zero attached hydrogens (tertiary/aromatic N) is 2. The van der Waals surface area contributed by atoms with E-state index in [9.17, 15) is 9.59 Å². The van der Waals surface area contributed by atoms with Gasteiger partial charge < -0.3 is 19.5 Å². The third-order valence-electron chi connectivity index (χ3n) is 5.72. The minimum Gasteiger partial charge on any atom is -0.497 e. The van der Waals surface area contributed by atoms with Gasteiger partial charge in [-0.05, 0) is 68.0 Å². The molecule has 1 aromatic heterocycles. The van der Waals surface area contributed by atoms with Gasteiger partial charge in [-0.1, -0.05) is 25.4 Å². The second kappa shape index (κ2) is 13.7. The van der Waals surface area contributed by atoms with Gasteiger partial charge in [0.05, 0.1) is 19.0 Å². The maximum atomic E-state index is 13.3. The summed E-state index contributed by atoms with van der Waals surface area (Å²) in [6.07, 6.45) is 0.0780. The Bertz CT molecular complexity index is 1200. The van der Waals surface area contributed by atoms with E-state index in [4.69, 9.17) is 31.0 Å². The monoisotopic (exact) mass is 516 g/mol. The SMILES string of the molecule is CC(=O)O.CCN(CC)CCOC(=O)Cc1c(C)n(C(=O)c2ccc(Cl)cc2)c2ccc(OC)cc12. The number of likely N-dealkylation sites (N-methyl/N-ethyl adjacent to an activating group) is 1. The molecule has 0 aliphatic rings. The maximum absolute atomic E-state index is 13.3. The molecule has 0 spiro atoms. The number of methoxy groups -OCH3 is 1. The van der Waals surface area contributed by atoms with Crippen LogP contribution in [-0.4, -0.2) is 65.8 Å². The molecule has 0 bridgehead atoms. The van der Waals surface area contributed by atoms with Crippen molar-refractivity contribution in [3.05, 3.63) is 64.3 Å². The molecule has 0 radical (unpaired) electrons. The number of halogens is 1. The van der Waals surface area contributed by atoms with Crippen LogP contribution >= 0.6 is 11.6 Å². The Kier molecular flexibility index (Phi) is 11.0. The normalized spacial score (nSPS) is 10.6. The fraction of sp³-hybridized carbons (Fsp3) is 0.370. The Morgan fingerprint density at radius 1 is 1.06 bits per heavy atom. The van der Waals surface area contributed by atoms with E-state index in [1.807, 2.05) is 19.1 Å². The summed E-state index contributed by atoms with van der Waals surface area (Å²) in [5.41, 5.74) is 2.69. The van der Waals surface area contributed by atoms with Crippen LogP contribution in [0.3, 0.4) is 0 Å². The summed E-state index contributed by atoms with van der Waals surface area (Å²) in [5.74, 6) is -0.679. The van der Waals surface area contributed by atoms with E-state index < -0.39 is 5.97 Å². The van der Waals surface area contributed by atoms with Crippen LogP contribution in [0.15, 0.2) is 42.5 Å². The van der Waals surface area contributed by atoms with E-state index in [2.05, 4.69) is 18.7 Å². The molecular weight excluding hydrogens is 484 g/mol. The van der Waals surface area contributed by atoms with Crippen molar-refractivity contribution >= 4 is 40.3 Å². The minimum absolute atomic E-state index is 0.0780. The van der Waals surface area contributed by atoms with Gasteiger partial charge in [0.2, 0.25) is 0 Å². The van der Waals surface area contributed by atoms with Crippen molar-refractivity contribution in [1.82, 2.24) is 9.47 Å². The predicted octanol–water partition coefficient (Wildman–Crippen LogP) is 4.82. The predicted molar refractivity (Wildman–Crippen MR) is 140 cm³/mol. The van der Waals surface area contributed by atoms with E-state index in [1.165, 1.54) is 0 Å². The lowest BCUT2D eigenvalue weighted by atomic mass is 10.1. The van der Waals surface area contributed by atoms with Crippen LogP contribution in [0.1, 0.15) is 42.4 Å². The topological polar surface area (TPSA) is 98.1 Å². The summed E-state index contributed by atoms with van der Waals surface area (Å²) in [5, 5.41) is 8.78. The third-order valence-corrected chi connectivity index (χ3v) is 5.97. The number of esters is 1. The van der Waals surface area contributed by atoms with Gasteiger partial charge in [0, 0.05) is 35.1 Å². The standard InChI is InChI=1S/C25H29ClN2O4.C2H4O2/c1-5-27(6-2)13-14-32-24(29)16-21-17(3)28(23-12-11-20(31-4)15-22(21)23)25(30)18-7-9-19(26)10-8-18;1-2(3)4/h7-12,15H,5-6,13-14,16H2,1-4H3;1H3,(H,3,4). The van der Waals surface area contributed by atoms with Gasteiger partial charge >= 0.3 is 5.97 Å². The molecule has 0 aliphatic carbocycles. The number of hydrogen-bond donors (Lipinski definition) is 1. The first-order valence-electron chi connectivity index (χ1n) is 11.7. The number of carbonyl (C=O) groups excluding carboxylic acids is 2. The highest BCUT2D eigenvalue weighted by molar-refractivity contribution is 6.30. The number of carboxylic acids is 1. The van der Waals surface area contributed by atoms with Crippen molar-refractivity contribution in [2.75, 3.05) is 33.4 Å². The molecule has 0 aliphatic heterocycles. The Morgan fingerprint density at radius 2 is 1.67 bits per heavy atom. The van der Waals surface area contributed by atoms with Gasteiger partial charge in [0.15, 0.2) is 0 Å². The van der Waals surface area contributed by atoms with E-state index in [1.54, 1.807) is 42.0 Å². The molecule has 36 heavy (non-hydrogen) atoms. The van der Waals surface area contributed by atoms with Crippen LogP contribution in [-0.2, 0) is 20.7 Å². The number of carbonyl (C=O) groups is 3. The molecule has 8 nitrogen and oxygen atoms in total. The zero-order valence-electron chi connectivity index (χ0n) is 21.3. The zero-order chi connectivity index (χ0) is 26.8. The summed E-state index contributed by atoms with van der Waals surface area (Å²) >= 11 is 5.98. The molecule has 0 saturated heterocycles. The smallest absolute Gasteiger partial charge is 0.310 e. The van der Waals surface area contributed by atoms with E-state index in [-0.39, 0.29) is 18.3 Å². The lowest BCUT2D eigenvalue weighted by Crippen LogP contribution is -2.28. The van der Waals surface area contributed by atoms with Gasteiger partial charge in [-0.2, -0.15) is 0 Å². The first-order valence-corrected chi connectivity index (χ1v) is 12.1. The number of rotatable bonds is 9. The number of carboxylic acid groups (broad SMARTS) is 1. The van der Waals surface area contributed by atoms with E-state index in [0.29, 0.717) is 40.7 Å². The number of benzene rings is 2. The Labute approximate surface area is 216 Å². The molecule has 2 aromatic carbocycles. The fourth-order valence-electron chi connectivity index (χ4n) is 3.82. The second-order valence-corrected chi connectivity index (χ2v) is 8.47. The molecule has 194 valence electrons. The highest BCUT2D eigenvalue weighted by Crippen LogP contribution is 2.31. The average Bonchev–Trinajstić information content (AvgIpc) is 3.11. The summed E-state index contributed by atoms with van der Waals surface area (Å²) in [4.78, 5) is 37.1. The van der Waals surface area contributed by atoms with Crippen molar-refractivity contribution in [3.63, 3.8) is 0 Å². The quantitative estimate of drug-likeness (QED) is 0.407. The molecule has 0 saturated carbocycles. The molecule has 9 heteroatoms. The average molecular weight is 517 g/mol. The fourth-order valence-corrected chi connectivity index (χ4v) is 3.95. The molecule has 1 N–H and O–H groups in total. The van der Waals surface area contributed by atoms with E-state index in [0.717, 1.165) is 31.0 Å². The van der Waals surface area contributed by atoms with Crippen molar-refractivity contribution in [2.24, 2.45) is 0 Å². The first-order chi connectivity index (χ1) is 17.1. The third kappa shape index (κ3) is 7.57. The molecule has 0 fully saturated rings. The minimum atomic E-state index is -0.833. The van der Waals surface area contributed by atoms with Crippen molar-refractivity contribution < 1.29 is 29.0 Å². The summed E-state index contributed by atoms with van der Waals surface area (Å²) < 4.78 is 12.5. The van der Waals surface area contributed by atoms with Crippen LogP contribution in [0.4, 0.5) is 0 Å². The van der Waals surface area contributed by atoms with Crippen LogP contribution < -0.4 is 4.74 Å². The van der Waals surface area contributed by atoms with Gasteiger partial charge in [-0.15, -0.1) is 0 Å². The second-order valence-electron chi connectivity index (χ2n) is 8.04. The molecular formula is C27H33ClN2O6. The number of ether oxygens (including phenoxy) is 2. The molecule has 1 heterocycles. The van der Waals surface area contributed by atoms with Crippen LogP contribution in [0.2, 0.25) is 5.02 Å². The highest BCUT2D eigenvalue weighted by atomic mass is 35.5. The Hall–Kier alpha value is -3.36. The van der Waals surface area contributed by atoms with Crippen molar-refractivity contribution in [3.8, 4) is 5.75 Å². The van der Waals surface area contributed by atoms with Gasteiger partial charge in [-0.25, -0.2) is 0 Å². The zero-order valence-corrected chi connectivity index (χ0v) is 22.1. The van der Waals surface area contributed by atoms with Crippen LogP contribution in [0.5, 0.6) is 5.75 Å². The van der Waals surface area contributed by atoms with E-state index >= 15 is 0 Å². The van der Waals surface area contributed by atoms with Gasteiger partial charge in [0.1, 0.15) is 12.4 Å². The molecule has 0 atom stereocenters. The van der Waals surface area contributed by atoms with Crippen molar-refractivity contribution in [1.29, 1.82) is 0 Å². The highest BCUT2D eigenvalue weighted by Gasteiger charge is 2.22. The maximum Gasteiger partial charge on any atom is 0.310 e. The number of aliphatic carboxylic acids is 1. The largest absolute Gasteiger partial charge is 0.497 e. The molecule has 3 rings (SSSR count). The van der Waals surface area contributed by atoms with Crippen LogP contribution in [0, 0.1) is 6.92 Å². The van der Waals surface area contributed by atoms with Crippen molar-refractivity contribution in [2.45, 2.75) is 34.1 Å². The lowest BCUT2D eigenvalue weighted by Gasteiger charge is -2.17. The number of aromatic nitrogens is 1. The Morgan fingerprint density at radius 3 is 2.22 bits per heavy atom. The first kappa shape index (κ1) is 28.9. The number of fused-ring (bicyclic) bond motifs is 1. The number of hydrogen-bond acceptors (Lipinski definition) is 6. The summed E-state index contributed by atoms with van der Waals surface area (Å²) in [6.45, 7) is 9.94. The molecule has 0 unspecified atom stereocenters. The molecule has 3 aromatic rings. The van der Waals surface area contributed by atoms with Crippen LogP contribution in [0.25, 0.3) is 10.9 Å². The van der Waals surface area contributed by atoms with Gasteiger partial charge in [0.25, 0.3) is 11.9 Å².